The minimum atomic E-state index is -1.39. The van der Waals surface area contributed by atoms with E-state index in [9.17, 15) is 24.3 Å². The number of hydrogen-bond donors (Lipinski definition) is 5. The minimum Gasteiger partial charge on any atom is -0.481 e. The number of nitrogens with one attached hydrogen (secondary N) is 2. The van der Waals surface area contributed by atoms with Crippen molar-refractivity contribution in [2.75, 3.05) is 6.61 Å². The van der Waals surface area contributed by atoms with E-state index >= 15 is 0 Å². The number of amides is 2. The molecule has 2 amide bonds. The molecule has 0 radical (unpaired) electrons. The molecular weight excluding hydrogens is 440 g/mol. The molecule has 34 heavy (non-hydrogen) atoms. The molecule has 0 unspecified atom stereocenters. The van der Waals surface area contributed by atoms with Gasteiger partial charge in [-0.25, -0.2) is 0 Å². The molecule has 0 saturated heterocycles. The SMILES string of the molecule is CCc1ccc(-c2ccc(C(=O)N[C@@H](CCC(=O)O)C(=O)N[C@H](C(=O)CO)[C@@H](C)O)cc2)cc1. The van der Waals surface area contributed by atoms with Gasteiger partial charge in [0.2, 0.25) is 5.91 Å². The Kier molecular flexibility index (Phi) is 9.91. The number of aliphatic hydroxyl groups excluding tert-OH is 2. The van der Waals surface area contributed by atoms with Crippen LogP contribution < -0.4 is 10.6 Å². The Morgan fingerprint density at radius 2 is 1.47 bits per heavy atom. The van der Waals surface area contributed by atoms with Crippen LogP contribution in [0.4, 0.5) is 0 Å². The predicted molar refractivity (Wildman–Crippen MR) is 125 cm³/mol. The van der Waals surface area contributed by atoms with E-state index in [1.54, 1.807) is 24.3 Å². The number of Topliss-reactive ketones (excluding diaryl/α,β-unsaturated/α-hetero) is 1. The molecule has 0 spiro atoms. The Morgan fingerprint density at radius 1 is 0.912 bits per heavy atom. The molecule has 2 aromatic rings. The summed E-state index contributed by atoms with van der Waals surface area (Å²) in [5, 5.41) is 32.6. The highest BCUT2D eigenvalue weighted by atomic mass is 16.4. The summed E-state index contributed by atoms with van der Waals surface area (Å²) in [5.74, 6) is -3.41. The molecule has 0 aliphatic heterocycles. The van der Waals surface area contributed by atoms with Crippen LogP contribution in [-0.2, 0) is 20.8 Å². The van der Waals surface area contributed by atoms with E-state index in [1.807, 2.05) is 24.3 Å². The highest BCUT2D eigenvalue weighted by molar-refractivity contribution is 5.99. The third-order valence-corrected chi connectivity index (χ3v) is 5.39. The number of ketones is 1. The Bertz CT molecular complexity index is 1000. The fourth-order valence-corrected chi connectivity index (χ4v) is 3.35. The number of carbonyl (C=O) groups is 4. The number of aliphatic hydroxyl groups is 2. The molecule has 9 nitrogen and oxygen atoms in total. The van der Waals surface area contributed by atoms with Gasteiger partial charge in [0.05, 0.1) is 6.10 Å². The van der Waals surface area contributed by atoms with Gasteiger partial charge in [-0.05, 0) is 48.6 Å². The van der Waals surface area contributed by atoms with Crippen LogP contribution in [0.3, 0.4) is 0 Å². The maximum atomic E-state index is 12.8. The molecule has 0 fully saturated rings. The summed E-state index contributed by atoms with van der Waals surface area (Å²) in [6, 6.07) is 12.1. The van der Waals surface area contributed by atoms with E-state index in [0.717, 1.165) is 17.5 Å². The number of carboxylic acid groups (broad SMARTS) is 1. The van der Waals surface area contributed by atoms with Gasteiger partial charge in [-0.15, -0.1) is 0 Å². The van der Waals surface area contributed by atoms with Crippen molar-refractivity contribution in [1.29, 1.82) is 0 Å². The summed E-state index contributed by atoms with van der Waals surface area (Å²) in [4.78, 5) is 48.2. The maximum absolute atomic E-state index is 12.8. The van der Waals surface area contributed by atoms with Crippen LogP contribution in [0.25, 0.3) is 11.1 Å². The number of carboxylic acids is 1. The predicted octanol–water partition coefficient (Wildman–Crippen LogP) is 1.31. The van der Waals surface area contributed by atoms with Gasteiger partial charge in [-0.2, -0.15) is 0 Å². The number of hydrogen-bond acceptors (Lipinski definition) is 6. The van der Waals surface area contributed by atoms with Crippen molar-refractivity contribution in [1.82, 2.24) is 10.6 Å². The maximum Gasteiger partial charge on any atom is 0.303 e. The van der Waals surface area contributed by atoms with Crippen LogP contribution in [0.5, 0.6) is 0 Å². The van der Waals surface area contributed by atoms with Gasteiger partial charge in [-0.3, -0.25) is 19.2 Å². The van der Waals surface area contributed by atoms with Crippen molar-refractivity contribution in [3.05, 3.63) is 59.7 Å². The summed E-state index contributed by atoms with van der Waals surface area (Å²) in [5.41, 5.74) is 3.37. The molecular formula is C25H30N2O7. The molecule has 3 atom stereocenters. The van der Waals surface area contributed by atoms with Gasteiger partial charge < -0.3 is 26.0 Å². The second-order valence-electron chi connectivity index (χ2n) is 7.94. The van der Waals surface area contributed by atoms with Gasteiger partial charge in [0.15, 0.2) is 5.78 Å². The van der Waals surface area contributed by atoms with E-state index in [2.05, 4.69) is 17.6 Å². The van der Waals surface area contributed by atoms with Crippen molar-refractivity contribution in [2.45, 2.75) is 51.3 Å². The Labute approximate surface area is 197 Å². The molecule has 182 valence electrons. The fraction of sp³-hybridized carbons (Fsp3) is 0.360. The molecule has 0 saturated carbocycles. The molecule has 2 rings (SSSR count). The minimum absolute atomic E-state index is 0.228. The van der Waals surface area contributed by atoms with Crippen molar-refractivity contribution < 1.29 is 34.5 Å². The smallest absolute Gasteiger partial charge is 0.303 e. The highest BCUT2D eigenvalue weighted by Gasteiger charge is 2.29. The molecule has 2 aromatic carbocycles. The summed E-state index contributed by atoms with van der Waals surface area (Å²) in [6.45, 7) is 2.44. The summed E-state index contributed by atoms with van der Waals surface area (Å²) in [7, 11) is 0. The van der Waals surface area contributed by atoms with Crippen LogP contribution in [0, 0.1) is 0 Å². The standard InChI is InChI=1S/C25H30N2O7/c1-3-16-4-6-17(7-5-16)18-8-10-19(11-9-18)24(33)26-20(12-13-22(31)32)25(34)27-23(15(2)29)21(30)14-28/h4-11,15,20,23,28-29H,3,12-14H2,1-2H3,(H,26,33)(H,27,34)(H,31,32)/t15-,20+,23+/m1/s1. The number of aryl methyl sites for hydroxylation is 1. The van der Waals surface area contributed by atoms with Gasteiger partial charge in [0.25, 0.3) is 5.91 Å². The molecule has 0 aromatic heterocycles. The second-order valence-corrected chi connectivity index (χ2v) is 7.94. The molecule has 0 aliphatic carbocycles. The molecule has 5 N–H and O–H groups in total. The van der Waals surface area contributed by atoms with Crippen molar-refractivity contribution in [3.63, 3.8) is 0 Å². The van der Waals surface area contributed by atoms with Gasteiger partial charge in [-0.1, -0.05) is 43.3 Å². The number of benzene rings is 2. The van der Waals surface area contributed by atoms with Crippen LogP contribution in [0.15, 0.2) is 48.5 Å². The molecule has 0 heterocycles. The van der Waals surface area contributed by atoms with Gasteiger partial charge in [0.1, 0.15) is 18.7 Å². The van der Waals surface area contributed by atoms with Crippen LogP contribution in [0.1, 0.15) is 42.6 Å². The van der Waals surface area contributed by atoms with Crippen LogP contribution >= 0.6 is 0 Å². The Balaban J connectivity index is 2.15. The topological polar surface area (TPSA) is 153 Å². The first-order valence-corrected chi connectivity index (χ1v) is 11.0. The third kappa shape index (κ3) is 7.50. The van der Waals surface area contributed by atoms with E-state index < -0.39 is 54.8 Å². The zero-order valence-electron chi connectivity index (χ0n) is 19.2. The fourth-order valence-electron chi connectivity index (χ4n) is 3.35. The van der Waals surface area contributed by atoms with Crippen molar-refractivity contribution in [3.8, 4) is 11.1 Å². The summed E-state index contributed by atoms with van der Waals surface area (Å²) < 4.78 is 0. The lowest BCUT2D eigenvalue weighted by Gasteiger charge is -2.24. The number of aliphatic carboxylic acids is 1. The zero-order valence-corrected chi connectivity index (χ0v) is 19.2. The quantitative estimate of drug-likeness (QED) is 0.313. The average molecular weight is 471 g/mol. The summed E-state index contributed by atoms with van der Waals surface area (Å²) in [6.07, 6.45) is -0.992. The Hall–Kier alpha value is -3.56. The normalized spacial score (nSPS) is 13.4. The largest absolute Gasteiger partial charge is 0.481 e. The van der Waals surface area contributed by atoms with Crippen molar-refractivity contribution in [2.24, 2.45) is 0 Å². The lowest BCUT2D eigenvalue weighted by atomic mass is 10.0. The monoisotopic (exact) mass is 470 g/mol. The van der Waals surface area contributed by atoms with Gasteiger partial charge in [0, 0.05) is 12.0 Å². The first-order valence-electron chi connectivity index (χ1n) is 11.0. The Morgan fingerprint density at radius 3 is 1.94 bits per heavy atom. The molecule has 9 heteroatoms. The number of rotatable bonds is 12. The van der Waals surface area contributed by atoms with E-state index in [4.69, 9.17) is 10.2 Å². The molecule has 0 aliphatic rings. The van der Waals surface area contributed by atoms with Gasteiger partial charge >= 0.3 is 5.97 Å². The zero-order chi connectivity index (χ0) is 25.3. The van der Waals surface area contributed by atoms with E-state index in [0.29, 0.717) is 0 Å². The average Bonchev–Trinajstić information content (AvgIpc) is 2.84. The first kappa shape index (κ1) is 26.7. The van der Waals surface area contributed by atoms with E-state index in [-0.39, 0.29) is 12.0 Å². The van der Waals surface area contributed by atoms with Crippen LogP contribution in [-0.4, -0.2) is 63.7 Å². The first-order chi connectivity index (χ1) is 16.2. The summed E-state index contributed by atoms with van der Waals surface area (Å²) >= 11 is 0. The number of carbonyl (C=O) groups excluding carboxylic acids is 3. The van der Waals surface area contributed by atoms with Crippen molar-refractivity contribution >= 4 is 23.6 Å². The highest BCUT2D eigenvalue weighted by Crippen LogP contribution is 2.20. The lowest BCUT2D eigenvalue weighted by molar-refractivity contribution is -0.137. The van der Waals surface area contributed by atoms with E-state index in [1.165, 1.54) is 12.5 Å². The second kappa shape index (κ2) is 12.6. The lowest BCUT2D eigenvalue weighted by Crippen LogP contribution is -2.55. The third-order valence-electron chi connectivity index (χ3n) is 5.39. The van der Waals surface area contributed by atoms with Crippen LogP contribution in [0.2, 0.25) is 0 Å². The molecule has 0 bridgehead atoms.